The Hall–Kier alpha value is -2.32. The van der Waals surface area contributed by atoms with E-state index < -0.39 is 0 Å². The molecule has 33 heavy (non-hydrogen) atoms. The van der Waals surface area contributed by atoms with Crippen molar-refractivity contribution in [3.05, 3.63) is 78.6 Å². The van der Waals surface area contributed by atoms with E-state index >= 15 is 0 Å². The normalized spacial score (nSPS) is 10.6. The van der Waals surface area contributed by atoms with E-state index in [1.165, 1.54) is 5.82 Å². The van der Waals surface area contributed by atoms with Gasteiger partial charge in [0.1, 0.15) is 0 Å². The maximum atomic E-state index is 12.3. The van der Waals surface area contributed by atoms with Gasteiger partial charge < -0.3 is 5.32 Å². The number of anilines is 3. The fourth-order valence-corrected chi connectivity index (χ4v) is 4.04. The van der Waals surface area contributed by atoms with Crippen LogP contribution in [0.15, 0.2) is 73.1 Å². The number of fused-ring (bicyclic) bond motifs is 1. The fraction of sp³-hybridized carbons (Fsp3) is 0.160. The minimum atomic E-state index is -0.148. The van der Waals surface area contributed by atoms with Gasteiger partial charge in [-0.15, -0.1) is 0 Å². The van der Waals surface area contributed by atoms with Crippen LogP contribution in [0.4, 0.5) is 17.2 Å². The van der Waals surface area contributed by atoms with Gasteiger partial charge in [0, 0.05) is 11.3 Å². The summed E-state index contributed by atoms with van der Waals surface area (Å²) in [5.74, 6) is 1.86. The van der Waals surface area contributed by atoms with E-state index in [2.05, 4.69) is 20.6 Å². The summed E-state index contributed by atoms with van der Waals surface area (Å²) in [6.45, 7) is 0.679. The maximum absolute atomic E-state index is 12.3. The van der Waals surface area contributed by atoms with Gasteiger partial charge in [-0.25, -0.2) is 0 Å². The van der Waals surface area contributed by atoms with Crippen LogP contribution in [0.3, 0.4) is 0 Å². The summed E-state index contributed by atoms with van der Waals surface area (Å²) in [6.07, 6.45) is 2.59. The molecule has 0 spiro atoms. The molecule has 0 aliphatic rings. The number of rotatable bonds is 9. The van der Waals surface area contributed by atoms with Crippen molar-refractivity contribution >= 4 is 89.5 Å². The topological polar surface area (TPSA) is 85.4 Å². The van der Waals surface area contributed by atoms with Crippen molar-refractivity contribution in [2.45, 2.75) is 5.91 Å². The molecule has 162 valence electrons. The van der Waals surface area contributed by atoms with Crippen LogP contribution in [0.5, 0.6) is 11.5 Å². The molecule has 3 aromatic carbocycles. The van der Waals surface area contributed by atoms with E-state index in [0.717, 1.165) is 23.0 Å². The molecule has 1 heterocycles. The first-order valence-electron chi connectivity index (χ1n) is 10.9. The minimum absolute atomic E-state index is 0.148. The summed E-state index contributed by atoms with van der Waals surface area (Å²) in [5, 5.41) is 7.06. The quantitative estimate of drug-likeness (QED) is 0.307. The zero-order chi connectivity index (χ0) is 23.0. The molecule has 2 N–H and O–H groups in total. The van der Waals surface area contributed by atoms with Crippen LogP contribution in [-0.4, -0.2) is 85.1 Å². The third-order valence-corrected chi connectivity index (χ3v) is 6.86. The molecule has 8 heteroatoms. The Morgan fingerprint density at radius 3 is 2.45 bits per heavy atom. The van der Waals surface area contributed by atoms with Gasteiger partial charge in [-0.2, -0.15) is 0 Å². The SMILES string of the molecule is COc1cc2c(Nc3ccc(NC(=O)c4ccccc4)cc3)ncnc2cc1OCC[CH2][Rb]. The van der Waals surface area contributed by atoms with Gasteiger partial charge in [-0.05, 0) is 24.3 Å². The predicted octanol–water partition coefficient (Wildman–Crippen LogP) is 4.99. The molecule has 0 saturated carbocycles. The molecule has 0 bridgehead atoms. The van der Waals surface area contributed by atoms with Gasteiger partial charge in [0.05, 0.1) is 0 Å². The second kappa shape index (κ2) is 11.7. The molecule has 4 rings (SSSR count). The molecular formula is C25H23N4O3Rb. The number of ether oxygens (including phenoxy) is 2. The van der Waals surface area contributed by atoms with E-state index in [-0.39, 0.29) is 5.91 Å². The van der Waals surface area contributed by atoms with Gasteiger partial charge >= 0.3 is 164 Å². The average molecular weight is 513 g/mol. The number of carbonyl (C=O) groups excluding carboxylic acids is 1. The van der Waals surface area contributed by atoms with Crippen LogP contribution >= 0.6 is 0 Å². The Morgan fingerprint density at radius 1 is 0.970 bits per heavy atom. The zero-order valence-corrected chi connectivity index (χ0v) is 23.6. The van der Waals surface area contributed by atoms with Gasteiger partial charge in [0.15, 0.2) is 0 Å². The summed E-state index contributed by atoms with van der Waals surface area (Å²) in [4.78, 5) is 21.2. The Kier molecular flexibility index (Phi) is 8.44. The molecule has 7 nitrogen and oxygen atoms in total. The molecule has 4 aromatic rings. The van der Waals surface area contributed by atoms with Crippen molar-refractivity contribution in [2.75, 3.05) is 24.4 Å². The molecule has 0 unspecified atom stereocenters. The number of carbonyl (C=O) groups is 1. The van der Waals surface area contributed by atoms with Crippen molar-refractivity contribution in [1.82, 2.24) is 9.97 Å². The van der Waals surface area contributed by atoms with E-state index in [1.54, 1.807) is 19.2 Å². The first-order valence-corrected chi connectivity index (χ1v) is 14.3. The Labute approximate surface area is 231 Å². The van der Waals surface area contributed by atoms with Crippen molar-refractivity contribution in [3.63, 3.8) is 0 Å². The van der Waals surface area contributed by atoms with Crippen LogP contribution in [0.25, 0.3) is 10.9 Å². The Morgan fingerprint density at radius 2 is 1.73 bits per heavy atom. The third kappa shape index (κ3) is 6.17. The van der Waals surface area contributed by atoms with Crippen molar-refractivity contribution in [1.29, 1.82) is 0 Å². The standard InChI is InChI=1S/C25H23N4O3.Rb/c1-3-13-32-23-15-21-20(14-22(23)31-2)24(27-16-26-21)28-18-9-11-19(12-10-18)29-25(30)17-7-5-4-6-8-17;/h4-12,14-16H,1,3,13H2,2H3,(H,29,30)(H,26,27,28);. The summed E-state index contributed by atoms with van der Waals surface area (Å²) in [6, 6.07) is 20.4. The van der Waals surface area contributed by atoms with Crippen molar-refractivity contribution in [3.8, 4) is 11.5 Å². The van der Waals surface area contributed by atoms with Crippen LogP contribution in [0.1, 0.15) is 16.8 Å². The average Bonchev–Trinajstić information content (AvgIpc) is 2.85. The van der Waals surface area contributed by atoms with Gasteiger partial charge in [0.2, 0.25) is 0 Å². The van der Waals surface area contributed by atoms with E-state index in [0.29, 0.717) is 90.7 Å². The molecule has 0 radical (unpaired) electrons. The first-order chi connectivity index (χ1) is 16.2. The van der Waals surface area contributed by atoms with Gasteiger partial charge in [-0.3, -0.25) is 4.79 Å². The van der Waals surface area contributed by atoms with Crippen LogP contribution in [-0.2, 0) is 0 Å². The second-order valence-corrected chi connectivity index (χ2v) is 9.93. The summed E-state index contributed by atoms with van der Waals surface area (Å²) in [5.41, 5.74) is 2.93. The fourth-order valence-electron chi connectivity index (χ4n) is 3.33. The second-order valence-electron chi connectivity index (χ2n) is 7.47. The molecule has 0 aliphatic heterocycles. The van der Waals surface area contributed by atoms with Crippen molar-refractivity contribution < 1.29 is 14.3 Å². The molecule has 0 fully saturated rings. The van der Waals surface area contributed by atoms with E-state index in [1.807, 2.05) is 54.6 Å². The third-order valence-electron chi connectivity index (χ3n) is 5.12. The van der Waals surface area contributed by atoms with Crippen LogP contribution in [0.2, 0.25) is -0.511 Å². The zero-order valence-electron chi connectivity index (χ0n) is 18.7. The Bertz CT molecular complexity index is 1230. The molecule has 1 amide bonds. The molecular weight excluding hydrogens is 490 g/mol. The number of benzene rings is 3. The van der Waals surface area contributed by atoms with Crippen LogP contribution < -0.4 is 20.1 Å². The monoisotopic (exact) mass is 512 g/mol. The summed E-state index contributed by atoms with van der Waals surface area (Å²) in [7, 11) is 1.63. The molecule has 0 atom stereocenters. The van der Waals surface area contributed by atoms with E-state index in [9.17, 15) is 4.79 Å². The predicted molar refractivity (Wildman–Crippen MR) is 131 cm³/mol. The number of nitrogens with zero attached hydrogens (tertiary/aromatic N) is 2. The number of hydrogen-bond acceptors (Lipinski definition) is 6. The number of methoxy groups -OCH3 is 1. The first kappa shape index (κ1) is 23.8. The molecule has 1 aromatic heterocycles. The number of aromatic nitrogens is 2. The molecule has 0 aliphatic carbocycles. The van der Waals surface area contributed by atoms with Crippen LogP contribution in [0, 0.1) is 0 Å². The summed E-state index contributed by atoms with van der Waals surface area (Å²) >= 11 is 0.683. The van der Waals surface area contributed by atoms with Crippen molar-refractivity contribution in [2.24, 2.45) is 0 Å². The summed E-state index contributed by atoms with van der Waals surface area (Å²) < 4.78 is 12.7. The number of nitrogens with one attached hydrogen (secondary N) is 2. The Balaban J connectivity index is 1.51. The van der Waals surface area contributed by atoms with E-state index in [4.69, 9.17) is 9.47 Å². The number of amides is 1. The van der Waals surface area contributed by atoms with Gasteiger partial charge in [0.25, 0.3) is 5.91 Å². The number of hydrogen-bond donors (Lipinski definition) is 2. The molecule has 0 saturated heterocycles. The van der Waals surface area contributed by atoms with Gasteiger partial charge in [-0.1, -0.05) is 18.2 Å².